The summed E-state index contributed by atoms with van der Waals surface area (Å²) in [5, 5.41) is 3.17. The van der Waals surface area contributed by atoms with E-state index in [9.17, 15) is 31.1 Å². The van der Waals surface area contributed by atoms with Crippen molar-refractivity contribution in [2.24, 2.45) is 0 Å². The average Bonchev–Trinajstić information content (AvgIpc) is 3.67. The molecule has 0 radical (unpaired) electrons. The molecule has 11 heteroatoms. The molecule has 3 aromatic rings. The first kappa shape index (κ1) is 27.0. The van der Waals surface area contributed by atoms with Crippen LogP contribution >= 0.6 is 0 Å². The van der Waals surface area contributed by atoms with Gasteiger partial charge in [0.1, 0.15) is 11.4 Å². The van der Waals surface area contributed by atoms with E-state index in [2.05, 4.69) is 15.0 Å². The Morgan fingerprint density at radius 2 is 1.69 bits per heavy atom. The molecule has 5 rings (SSSR count). The van der Waals surface area contributed by atoms with Gasteiger partial charge in [-0.05, 0) is 79.1 Å². The fourth-order valence-electron chi connectivity index (χ4n) is 4.95. The van der Waals surface area contributed by atoms with E-state index >= 15 is 0 Å². The number of amides is 1. The van der Waals surface area contributed by atoms with E-state index in [1.807, 2.05) is 24.3 Å². The standard InChI is InChI=1S/C28H25F6N3O2/c1-16(20-9-12-25(35-15-20)27(29,30)31)36-23-14-24(19-3-2-4-22(13-19)39-28(32,33)34)37(26(23)38)21-10-7-18(8-11-21)17-5-6-17/h2-4,7-13,15-17,23-24,36H,5-6,14H2,1H3/t16?,23-,24-/m1/s1. The van der Waals surface area contributed by atoms with Gasteiger partial charge in [-0.1, -0.05) is 30.3 Å². The van der Waals surface area contributed by atoms with Crippen molar-refractivity contribution in [1.82, 2.24) is 10.3 Å². The number of nitrogens with one attached hydrogen (secondary N) is 1. The second kappa shape index (κ2) is 10.2. The minimum atomic E-state index is -4.86. The molecule has 0 bridgehead atoms. The third-order valence-electron chi connectivity index (χ3n) is 7.03. The van der Waals surface area contributed by atoms with Crippen LogP contribution in [0.3, 0.4) is 0 Å². The van der Waals surface area contributed by atoms with Gasteiger partial charge in [0.05, 0.1) is 12.1 Å². The van der Waals surface area contributed by atoms with Crippen molar-refractivity contribution in [2.45, 2.75) is 62.8 Å². The maximum Gasteiger partial charge on any atom is 0.573 e. The number of hydrogen-bond acceptors (Lipinski definition) is 4. The highest BCUT2D eigenvalue weighted by Gasteiger charge is 2.42. The summed E-state index contributed by atoms with van der Waals surface area (Å²) in [7, 11) is 0. The van der Waals surface area contributed by atoms with E-state index in [1.165, 1.54) is 29.8 Å². The van der Waals surface area contributed by atoms with Gasteiger partial charge in [-0.2, -0.15) is 13.2 Å². The Bertz CT molecular complexity index is 1320. The Labute approximate surface area is 220 Å². The molecule has 1 aliphatic heterocycles. The van der Waals surface area contributed by atoms with Gasteiger partial charge in [0, 0.05) is 17.9 Å². The molecule has 1 aromatic heterocycles. The number of nitrogens with zero attached hydrogens (tertiary/aromatic N) is 2. The molecule has 2 heterocycles. The van der Waals surface area contributed by atoms with E-state index in [1.54, 1.807) is 17.9 Å². The highest BCUT2D eigenvalue weighted by molar-refractivity contribution is 6.00. The Morgan fingerprint density at radius 3 is 2.28 bits per heavy atom. The molecule has 2 fully saturated rings. The third-order valence-corrected chi connectivity index (χ3v) is 7.03. The largest absolute Gasteiger partial charge is 0.573 e. The third kappa shape index (κ3) is 6.19. The average molecular weight is 550 g/mol. The van der Waals surface area contributed by atoms with Gasteiger partial charge in [-0.25, -0.2) is 0 Å². The summed E-state index contributed by atoms with van der Waals surface area (Å²) in [6.45, 7) is 1.71. The van der Waals surface area contributed by atoms with Crippen LogP contribution in [0.1, 0.15) is 66.6 Å². The van der Waals surface area contributed by atoms with Crippen molar-refractivity contribution in [2.75, 3.05) is 4.90 Å². The fourth-order valence-corrected chi connectivity index (χ4v) is 4.95. The SMILES string of the molecule is CC(N[C@@H]1C[C@H](c2cccc(OC(F)(F)F)c2)N(c2ccc(C3CC3)cc2)C1=O)c1ccc(C(F)(F)F)nc1. The lowest BCUT2D eigenvalue weighted by Crippen LogP contribution is -2.39. The summed E-state index contributed by atoms with van der Waals surface area (Å²) in [6.07, 6.45) is -5.87. The molecule has 1 N–H and O–H groups in total. The number of ether oxygens (including phenoxy) is 1. The minimum absolute atomic E-state index is 0.219. The van der Waals surface area contributed by atoms with Gasteiger partial charge in [-0.3, -0.25) is 15.1 Å². The smallest absolute Gasteiger partial charge is 0.406 e. The zero-order chi connectivity index (χ0) is 27.9. The molecule has 3 atom stereocenters. The van der Waals surface area contributed by atoms with E-state index in [4.69, 9.17) is 0 Å². The predicted octanol–water partition coefficient (Wildman–Crippen LogP) is 7.07. The highest BCUT2D eigenvalue weighted by atomic mass is 19.4. The van der Waals surface area contributed by atoms with Gasteiger partial charge in [0.2, 0.25) is 5.91 Å². The molecule has 1 saturated heterocycles. The topological polar surface area (TPSA) is 54.5 Å². The summed E-state index contributed by atoms with van der Waals surface area (Å²) < 4.78 is 81.4. The number of benzene rings is 2. The van der Waals surface area contributed by atoms with Crippen LogP contribution in [0, 0.1) is 0 Å². The Hall–Kier alpha value is -3.60. The molecule has 5 nitrogen and oxygen atoms in total. The van der Waals surface area contributed by atoms with Crippen LogP contribution in [0.5, 0.6) is 5.75 Å². The summed E-state index contributed by atoms with van der Waals surface area (Å²) in [5.41, 5.74) is 1.67. The summed E-state index contributed by atoms with van der Waals surface area (Å²) in [5.74, 6) is -0.182. The lowest BCUT2D eigenvalue weighted by atomic mass is 10.0. The number of halogens is 6. The first-order chi connectivity index (χ1) is 18.4. The molecule has 0 spiro atoms. The van der Waals surface area contributed by atoms with Gasteiger partial charge in [0.25, 0.3) is 0 Å². The fraction of sp³-hybridized carbons (Fsp3) is 0.357. The molecule has 2 aromatic carbocycles. The van der Waals surface area contributed by atoms with Crippen molar-refractivity contribution in [3.8, 4) is 5.75 Å². The van der Waals surface area contributed by atoms with Crippen molar-refractivity contribution in [1.29, 1.82) is 0 Å². The number of carbonyl (C=O) groups is 1. The number of anilines is 1. The summed E-state index contributed by atoms with van der Waals surface area (Å²) >= 11 is 0. The van der Waals surface area contributed by atoms with Crippen LogP contribution in [0.2, 0.25) is 0 Å². The number of aromatic nitrogens is 1. The lowest BCUT2D eigenvalue weighted by molar-refractivity contribution is -0.274. The second-order valence-electron chi connectivity index (χ2n) is 9.86. The van der Waals surface area contributed by atoms with Crippen LogP contribution in [0.25, 0.3) is 0 Å². The molecule has 1 amide bonds. The maximum absolute atomic E-state index is 13.7. The normalized spacial score (nSPS) is 20.8. The molecule has 39 heavy (non-hydrogen) atoms. The van der Waals surface area contributed by atoms with Crippen LogP contribution < -0.4 is 15.0 Å². The maximum atomic E-state index is 13.7. The molecule has 1 aliphatic carbocycles. The summed E-state index contributed by atoms with van der Waals surface area (Å²) in [4.78, 5) is 18.7. The van der Waals surface area contributed by atoms with Crippen LogP contribution in [0.4, 0.5) is 32.0 Å². The molecule has 1 unspecified atom stereocenters. The van der Waals surface area contributed by atoms with E-state index < -0.39 is 42.1 Å². The van der Waals surface area contributed by atoms with Crippen LogP contribution in [-0.4, -0.2) is 23.3 Å². The Balaban J connectivity index is 1.42. The van der Waals surface area contributed by atoms with Crippen molar-refractivity contribution in [3.63, 3.8) is 0 Å². The van der Waals surface area contributed by atoms with Crippen molar-refractivity contribution in [3.05, 3.63) is 89.2 Å². The van der Waals surface area contributed by atoms with Crippen LogP contribution in [-0.2, 0) is 11.0 Å². The number of hydrogen-bond donors (Lipinski definition) is 1. The van der Waals surface area contributed by atoms with E-state index in [0.717, 1.165) is 25.1 Å². The van der Waals surface area contributed by atoms with Crippen molar-refractivity contribution >= 4 is 11.6 Å². The Kier molecular flexibility index (Phi) is 7.04. The molecular weight excluding hydrogens is 524 g/mol. The van der Waals surface area contributed by atoms with Gasteiger partial charge >= 0.3 is 12.5 Å². The number of pyridine rings is 1. The summed E-state index contributed by atoms with van der Waals surface area (Å²) in [6, 6.07) is 13.4. The number of carbonyl (C=O) groups excluding carboxylic acids is 1. The van der Waals surface area contributed by atoms with Crippen molar-refractivity contribution < 1.29 is 35.9 Å². The van der Waals surface area contributed by atoms with Gasteiger partial charge < -0.3 is 9.64 Å². The van der Waals surface area contributed by atoms with Gasteiger partial charge in [-0.15, -0.1) is 13.2 Å². The zero-order valence-electron chi connectivity index (χ0n) is 20.8. The molecule has 1 saturated carbocycles. The molecule has 206 valence electrons. The Morgan fingerprint density at radius 1 is 0.974 bits per heavy atom. The number of alkyl halides is 6. The number of rotatable bonds is 7. The van der Waals surface area contributed by atoms with Gasteiger partial charge in [0.15, 0.2) is 0 Å². The monoisotopic (exact) mass is 549 g/mol. The lowest BCUT2D eigenvalue weighted by Gasteiger charge is -2.26. The second-order valence-corrected chi connectivity index (χ2v) is 9.86. The van der Waals surface area contributed by atoms with E-state index in [-0.39, 0.29) is 12.3 Å². The van der Waals surface area contributed by atoms with Crippen LogP contribution in [0.15, 0.2) is 66.9 Å². The minimum Gasteiger partial charge on any atom is -0.406 e. The quantitative estimate of drug-likeness (QED) is 0.320. The molecular formula is C28H25F6N3O2. The first-order valence-corrected chi connectivity index (χ1v) is 12.5. The van der Waals surface area contributed by atoms with E-state index in [0.29, 0.717) is 22.7 Å². The highest BCUT2D eigenvalue weighted by Crippen LogP contribution is 2.43. The first-order valence-electron chi connectivity index (χ1n) is 12.5. The zero-order valence-corrected chi connectivity index (χ0v) is 20.8. The molecule has 2 aliphatic rings. The predicted molar refractivity (Wildman–Crippen MR) is 131 cm³/mol.